The number of nitrogens with one attached hydrogen (secondary N) is 2. The number of likely N-dealkylation sites (tertiary alicyclic amines) is 1. The molecule has 0 aromatic heterocycles. The Morgan fingerprint density at radius 1 is 1.12 bits per heavy atom. The number of benzene rings is 2. The summed E-state index contributed by atoms with van der Waals surface area (Å²) < 4.78 is 75.2. The van der Waals surface area contributed by atoms with Crippen LogP contribution in [0, 0.1) is 11.8 Å². The van der Waals surface area contributed by atoms with Crippen LogP contribution >= 0.6 is 11.6 Å². The van der Waals surface area contributed by atoms with Crippen LogP contribution in [0.3, 0.4) is 0 Å². The minimum absolute atomic E-state index is 0.0351. The van der Waals surface area contributed by atoms with Crippen LogP contribution < -0.4 is 19.1 Å². The zero-order valence-corrected chi connectivity index (χ0v) is 34.6. The summed E-state index contributed by atoms with van der Waals surface area (Å²) in [7, 11) is -1.48. The number of rotatable bonds is 10. The van der Waals surface area contributed by atoms with Crippen LogP contribution in [0.5, 0.6) is 5.75 Å². The number of methoxy groups -OCH3 is 1. The van der Waals surface area contributed by atoms with Gasteiger partial charge in [-0.2, -0.15) is 13.1 Å². The Morgan fingerprint density at radius 2 is 1.93 bits per heavy atom. The van der Waals surface area contributed by atoms with Crippen molar-refractivity contribution < 1.29 is 46.1 Å². The van der Waals surface area contributed by atoms with Crippen LogP contribution in [-0.2, 0) is 46.7 Å². The van der Waals surface area contributed by atoms with E-state index in [-0.39, 0.29) is 56.3 Å². The molecular weight excluding hydrogens is 796 g/mol. The van der Waals surface area contributed by atoms with Gasteiger partial charge in [-0.25, -0.2) is 13.5 Å². The summed E-state index contributed by atoms with van der Waals surface area (Å²) in [5.74, 6) is -3.72. The molecule has 3 aliphatic heterocycles. The number of carbonyl (C=O) groups excluding carboxylic acids is 2. The van der Waals surface area contributed by atoms with Crippen molar-refractivity contribution in [2.75, 3.05) is 84.7 Å². The number of amides is 2. The van der Waals surface area contributed by atoms with Gasteiger partial charge in [0.2, 0.25) is 5.91 Å². The van der Waals surface area contributed by atoms with E-state index in [1.165, 1.54) is 18.1 Å². The first kappa shape index (κ1) is 42.7. The van der Waals surface area contributed by atoms with Gasteiger partial charge in [0.25, 0.3) is 11.8 Å². The van der Waals surface area contributed by atoms with E-state index in [1.54, 1.807) is 24.1 Å². The van der Waals surface area contributed by atoms with Gasteiger partial charge in [-0.05, 0) is 91.3 Å². The van der Waals surface area contributed by atoms with Crippen molar-refractivity contribution in [2.24, 2.45) is 11.8 Å². The zero-order valence-electron chi connectivity index (χ0n) is 33.1. The lowest BCUT2D eigenvalue weighted by atomic mass is 9.68. The maximum absolute atomic E-state index is 14.0. The van der Waals surface area contributed by atoms with E-state index < -0.39 is 45.4 Å². The molecule has 7 rings (SSSR count). The van der Waals surface area contributed by atoms with Crippen molar-refractivity contribution >= 4 is 39.3 Å². The molecule has 1 saturated carbocycles. The summed E-state index contributed by atoms with van der Waals surface area (Å²) in [4.78, 5) is 33.1. The quantitative estimate of drug-likeness (QED) is 0.239. The number of ether oxygens (including phenoxy) is 3. The number of aryl methyl sites for hydroxylation is 1. The van der Waals surface area contributed by atoms with Crippen molar-refractivity contribution in [3.63, 3.8) is 0 Å². The molecule has 2 aliphatic carbocycles. The highest BCUT2D eigenvalue weighted by molar-refractivity contribution is 7.88. The lowest BCUT2D eigenvalue weighted by Crippen LogP contribution is -2.57. The molecule has 1 spiro atoms. The number of hydrogen-bond donors (Lipinski definition) is 3. The largest absolute Gasteiger partial charge is 0.490 e. The number of carbonyl (C=O) groups is 2. The molecule has 5 atom stereocenters. The van der Waals surface area contributed by atoms with Gasteiger partial charge >= 0.3 is 10.2 Å². The van der Waals surface area contributed by atoms with Crippen molar-refractivity contribution in [3.8, 4) is 5.75 Å². The molecule has 17 heteroatoms. The van der Waals surface area contributed by atoms with Crippen LogP contribution in [0.4, 0.5) is 14.5 Å². The molecule has 2 fully saturated rings. The molecule has 0 radical (unpaired) electrons. The zero-order chi connectivity index (χ0) is 41.3. The van der Waals surface area contributed by atoms with E-state index in [1.807, 2.05) is 29.0 Å². The number of alkyl halides is 2. The molecule has 3 N–H and O–H groups in total. The molecule has 318 valence electrons. The van der Waals surface area contributed by atoms with Gasteiger partial charge < -0.3 is 29.1 Å². The second kappa shape index (κ2) is 17.3. The molecule has 58 heavy (non-hydrogen) atoms. The Morgan fingerprint density at radius 3 is 2.67 bits per heavy atom. The summed E-state index contributed by atoms with van der Waals surface area (Å²) in [6.07, 6.45) is 7.85. The van der Waals surface area contributed by atoms with Crippen LogP contribution in [0.15, 0.2) is 48.6 Å². The third-order valence-corrected chi connectivity index (χ3v) is 13.8. The summed E-state index contributed by atoms with van der Waals surface area (Å²) in [6, 6.07) is 10.8. The van der Waals surface area contributed by atoms with Gasteiger partial charge in [-0.15, -0.1) is 0 Å². The minimum atomic E-state index is -4.45. The SMILES string of the molecule is COCCNS(=O)(=O)NC(=O)[C@@]1(O)CC(=O)N(C)CC/C=C/[C@H](OCCN2CC(F)(F)C2)[C@@H]2CC[C@H]2CN2C[C@@]3(CCCc4cc(Cl)ccc43)COc3ccc1cc32. The molecule has 2 bridgehead atoms. The predicted molar refractivity (Wildman–Crippen MR) is 214 cm³/mol. The predicted octanol–water partition coefficient (Wildman–Crippen LogP) is 3.77. The van der Waals surface area contributed by atoms with Crippen molar-refractivity contribution in [2.45, 2.75) is 68.0 Å². The highest BCUT2D eigenvalue weighted by Crippen LogP contribution is 2.48. The molecule has 0 unspecified atom stereocenters. The summed E-state index contributed by atoms with van der Waals surface area (Å²) in [5, 5.41) is 13.0. The van der Waals surface area contributed by atoms with Crippen molar-refractivity contribution in [3.05, 3.63) is 70.3 Å². The lowest BCUT2D eigenvalue weighted by Gasteiger charge is -2.46. The lowest BCUT2D eigenvalue weighted by molar-refractivity contribution is -0.148. The Kier molecular flexibility index (Phi) is 12.8. The van der Waals surface area contributed by atoms with E-state index in [9.17, 15) is 31.9 Å². The molecule has 2 aromatic carbocycles. The van der Waals surface area contributed by atoms with Gasteiger partial charge in [0.05, 0.1) is 51.1 Å². The number of nitrogens with zero attached hydrogens (tertiary/aromatic N) is 3. The van der Waals surface area contributed by atoms with Gasteiger partial charge in [-0.3, -0.25) is 14.5 Å². The highest BCUT2D eigenvalue weighted by Gasteiger charge is 2.48. The Balaban J connectivity index is 1.26. The third kappa shape index (κ3) is 9.33. The first-order valence-electron chi connectivity index (χ1n) is 20.1. The maximum atomic E-state index is 14.0. The first-order valence-corrected chi connectivity index (χ1v) is 21.9. The molecule has 3 heterocycles. The topological polar surface area (TPSA) is 150 Å². The Bertz CT molecular complexity index is 1980. The highest BCUT2D eigenvalue weighted by atomic mass is 35.5. The fourth-order valence-corrected chi connectivity index (χ4v) is 10.2. The van der Waals surface area contributed by atoms with E-state index in [2.05, 4.69) is 15.7 Å². The fourth-order valence-electron chi connectivity index (χ4n) is 9.13. The number of hydrogen-bond acceptors (Lipinski definition) is 10. The van der Waals surface area contributed by atoms with E-state index in [4.69, 9.17) is 25.8 Å². The number of aliphatic hydroxyl groups is 1. The smallest absolute Gasteiger partial charge is 0.301 e. The normalized spacial score (nSPS) is 29.3. The number of halogens is 3. The minimum Gasteiger partial charge on any atom is -0.490 e. The monoisotopic (exact) mass is 849 g/mol. The van der Waals surface area contributed by atoms with Crippen LogP contribution in [0.25, 0.3) is 0 Å². The third-order valence-electron chi connectivity index (χ3n) is 12.5. The van der Waals surface area contributed by atoms with Crippen LogP contribution in [0.1, 0.15) is 55.2 Å². The van der Waals surface area contributed by atoms with Gasteiger partial charge in [-0.1, -0.05) is 35.9 Å². The Labute approximate surface area is 344 Å². The van der Waals surface area contributed by atoms with E-state index >= 15 is 0 Å². The Hall–Kier alpha value is -3.38. The maximum Gasteiger partial charge on any atom is 0.301 e. The molecule has 13 nitrogen and oxygen atoms in total. The molecule has 1 saturated heterocycles. The van der Waals surface area contributed by atoms with E-state index in [0.29, 0.717) is 55.7 Å². The first-order chi connectivity index (χ1) is 27.6. The van der Waals surface area contributed by atoms with Crippen LogP contribution in [0.2, 0.25) is 5.02 Å². The number of fused-ring (bicyclic) bond motifs is 4. The molecular formula is C41H54ClF2N5O8S. The average molecular weight is 850 g/mol. The molecule has 5 aliphatic rings. The van der Waals surface area contributed by atoms with E-state index in [0.717, 1.165) is 43.2 Å². The van der Waals surface area contributed by atoms with Crippen molar-refractivity contribution in [1.29, 1.82) is 0 Å². The number of anilines is 1. The average Bonchev–Trinajstić information content (AvgIpc) is 3.30. The standard InChI is InChI=1S/C41H54ClF2N5O8S/c1-47-16-4-3-7-35(56-19-17-48-25-40(43,44)26-48)32-11-8-29(32)23-49-24-39(14-5-6-28-20-31(42)10-12-33(28)39)27-57-36-13-9-30(21-34(36)49)41(52,22-37(47)50)38(51)46-58(53,54)45-15-18-55-2/h3,7,9-10,12-13,20-21,29,32,35,45,52H,4-6,8,11,14-19,22-27H2,1-2H3,(H,46,51)/b7-3+/t29-,32+,35-,39-,41+/m0/s1. The fraction of sp³-hybridized carbons (Fsp3) is 0.610. The second-order valence-electron chi connectivity index (χ2n) is 16.6. The second-order valence-corrected chi connectivity index (χ2v) is 18.5. The molecule has 2 aromatic rings. The van der Waals surface area contributed by atoms with Crippen molar-refractivity contribution in [1.82, 2.24) is 19.2 Å². The summed E-state index contributed by atoms with van der Waals surface area (Å²) >= 11 is 6.47. The van der Waals surface area contributed by atoms with Gasteiger partial charge in [0.1, 0.15) is 5.75 Å². The van der Waals surface area contributed by atoms with Gasteiger partial charge in [0.15, 0.2) is 5.60 Å². The summed E-state index contributed by atoms with van der Waals surface area (Å²) in [5.41, 5.74) is -0.0601. The summed E-state index contributed by atoms with van der Waals surface area (Å²) in [6.45, 7) is 1.81. The van der Waals surface area contributed by atoms with Crippen LogP contribution in [-0.4, -0.2) is 127 Å². The van der Waals surface area contributed by atoms with Gasteiger partial charge in [0, 0.05) is 57.3 Å². The molecule has 2 amide bonds.